The average molecular weight is 292 g/mol. The van der Waals surface area contributed by atoms with Gasteiger partial charge in [-0.2, -0.15) is 0 Å². The standard InChI is InChI=1S/C17H28N2O2/c1-17(2,3)16(20)13-18-8-10-19(11-9-18)14-6-5-7-15(12-14)21-4/h5-7,12,16,20H,8-11,13H2,1-4H3. The van der Waals surface area contributed by atoms with Crippen LogP contribution in [0, 0.1) is 5.41 Å². The molecule has 1 aliphatic rings. The number of rotatable bonds is 4. The van der Waals surface area contributed by atoms with Crippen LogP contribution in [0.15, 0.2) is 24.3 Å². The predicted octanol–water partition coefficient (Wildman–Crippen LogP) is 2.22. The highest BCUT2D eigenvalue weighted by atomic mass is 16.5. The average Bonchev–Trinajstić information content (AvgIpc) is 2.47. The minimum Gasteiger partial charge on any atom is -0.497 e. The fraction of sp³-hybridized carbons (Fsp3) is 0.647. The van der Waals surface area contributed by atoms with Crippen molar-refractivity contribution in [3.63, 3.8) is 0 Å². The van der Waals surface area contributed by atoms with E-state index in [4.69, 9.17) is 4.74 Å². The van der Waals surface area contributed by atoms with E-state index in [2.05, 4.69) is 42.7 Å². The van der Waals surface area contributed by atoms with Crippen molar-refractivity contribution in [3.8, 4) is 5.75 Å². The van der Waals surface area contributed by atoms with Crippen LogP contribution in [0.3, 0.4) is 0 Å². The lowest BCUT2D eigenvalue weighted by molar-refractivity contribution is 0.0270. The maximum atomic E-state index is 10.2. The van der Waals surface area contributed by atoms with Crippen molar-refractivity contribution in [1.82, 2.24) is 4.90 Å². The SMILES string of the molecule is COc1cccc(N2CCN(CC(O)C(C)(C)C)CC2)c1. The van der Waals surface area contributed by atoms with E-state index in [1.54, 1.807) is 7.11 Å². The molecule has 1 saturated heterocycles. The monoisotopic (exact) mass is 292 g/mol. The number of anilines is 1. The molecule has 1 N–H and O–H groups in total. The maximum absolute atomic E-state index is 10.2. The molecule has 1 aliphatic heterocycles. The van der Waals surface area contributed by atoms with Crippen LogP contribution in [0.25, 0.3) is 0 Å². The normalized spacial score (nSPS) is 18.6. The van der Waals surface area contributed by atoms with Crippen molar-refractivity contribution in [2.75, 3.05) is 44.7 Å². The summed E-state index contributed by atoms with van der Waals surface area (Å²) < 4.78 is 5.29. The first-order chi connectivity index (χ1) is 9.90. The number of β-amino-alcohol motifs (C(OH)–C–C–N with tert-alkyl or cyclic N) is 1. The molecule has 0 spiro atoms. The molecule has 1 unspecified atom stereocenters. The number of nitrogens with zero attached hydrogens (tertiary/aromatic N) is 2. The molecule has 0 aromatic heterocycles. The molecule has 1 atom stereocenters. The topological polar surface area (TPSA) is 35.9 Å². The van der Waals surface area contributed by atoms with Crippen LogP contribution >= 0.6 is 0 Å². The fourth-order valence-electron chi connectivity index (χ4n) is 2.51. The van der Waals surface area contributed by atoms with E-state index >= 15 is 0 Å². The minimum atomic E-state index is -0.277. The Labute approximate surface area is 128 Å². The van der Waals surface area contributed by atoms with Crippen LogP contribution in [0.5, 0.6) is 5.75 Å². The van der Waals surface area contributed by atoms with Crippen LogP contribution in [0.1, 0.15) is 20.8 Å². The zero-order chi connectivity index (χ0) is 15.5. The smallest absolute Gasteiger partial charge is 0.120 e. The number of ether oxygens (including phenoxy) is 1. The third-order valence-electron chi connectivity index (χ3n) is 4.22. The van der Waals surface area contributed by atoms with Gasteiger partial charge < -0.3 is 14.7 Å². The zero-order valence-corrected chi connectivity index (χ0v) is 13.7. The van der Waals surface area contributed by atoms with E-state index in [1.165, 1.54) is 5.69 Å². The quantitative estimate of drug-likeness (QED) is 0.923. The van der Waals surface area contributed by atoms with Gasteiger partial charge in [-0.1, -0.05) is 26.8 Å². The van der Waals surface area contributed by atoms with Crippen molar-refractivity contribution in [1.29, 1.82) is 0 Å². The Morgan fingerprint density at radius 2 is 1.86 bits per heavy atom. The van der Waals surface area contributed by atoms with Crippen LogP contribution in [0.2, 0.25) is 0 Å². The van der Waals surface area contributed by atoms with Crippen molar-refractivity contribution >= 4 is 5.69 Å². The highest BCUT2D eigenvalue weighted by molar-refractivity contribution is 5.51. The first-order valence-corrected chi connectivity index (χ1v) is 7.69. The summed E-state index contributed by atoms with van der Waals surface area (Å²) in [5.41, 5.74) is 1.16. The van der Waals surface area contributed by atoms with Gasteiger partial charge >= 0.3 is 0 Å². The minimum absolute atomic E-state index is 0.0517. The summed E-state index contributed by atoms with van der Waals surface area (Å²) in [6.45, 7) is 11.0. The summed E-state index contributed by atoms with van der Waals surface area (Å²) in [5.74, 6) is 0.901. The molecule has 0 radical (unpaired) electrons. The van der Waals surface area contributed by atoms with Gasteiger partial charge in [0, 0.05) is 44.5 Å². The van der Waals surface area contributed by atoms with E-state index in [1.807, 2.05) is 12.1 Å². The Morgan fingerprint density at radius 3 is 2.43 bits per heavy atom. The molecule has 4 nitrogen and oxygen atoms in total. The van der Waals surface area contributed by atoms with Crippen molar-refractivity contribution in [2.45, 2.75) is 26.9 Å². The summed E-state index contributed by atoms with van der Waals surface area (Å²) in [4.78, 5) is 4.73. The van der Waals surface area contributed by atoms with Gasteiger partial charge in [-0.15, -0.1) is 0 Å². The van der Waals surface area contributed by atoms with E-state index in [9.17, 15) is 5.11 Å². The van der Waals surface area contributed by atoms with Gasteiger partial charge in [-0.05, 0) is 17.5 Å². The molecule has 1 heterocycles. The van der Waals surface area contributed by atoms with Gasteiger partial charge in [0.05, 0.1) is 13.2 Å². The van der Waals surface area contributed by atoms with Gasteiger partial charge in [0.2, 0.25) is 0 Å². The molecular weight excluding hydrogens is 264 g/mol. The summed E-state index contributed by atoms with van der Waals surface area (Å²) in [6, 6.07) is 8.21. The lowest BCUT2D eigenvalue weighted by Gasteiger charge is -2.39. The van der Waals surface area contributed by atoms with Crippen molar-refractivity contribution < 1.29 is 9.84 Å². The number of benzene rings is 1. The molecule has 0 amide bonds. The van der Waals surface area contributed by atoms with Gasteiger partial charge in [0.15, 0.2) is 0 Å². The Kier molecular flexibility index (Phi) is 5.12. The van der Waals surface area contributed by atoms with Crippen LogP contribution < -0.4 is 9.64 Å². The van der Waals surface area contributed by atoms with Crippen LogP contribution in [-0.2, 0) is 0 Å². The second-order valence-electron chi connectivity index (χ2n) is 6.87. The summed E-state index contributed by atoms with van der Waals surface area (Å²) in [5, 5.41) is 10.2. The highest BCUT2D eigenvalue weighted by Crippen LogP contribution is 2.23. The molecule has 2 rings (SSSR count). The van der Waals surface area contributed by atoms with E-state index in [0.717, 1.165) is 38.5 Å². The lowest BCUT2D eigenvalue weighted by Crippen LogP contribution is -2.50. The Hall–Kier alpha value is -1.26. The van der Waals surface area contributed by atoms with Gasteiger partial charge in [0.25, 0.3) is 0 Å². The first-order valence-electron chi connectivity index (χ1n) is 7.69. The predicted molar refractivity (Wildman–Crippen MR) is 87.1 cm³/mol. The van der Waals surface area contributed by atoms with E-state index in [0.29, 0.717) is 0 Å². The van der Waals surface area contributed by atoms with Crippen molar-refractivity contribution in [3.05, 3.63) is 24.3 Å². The fourth-order valence-corrected chi connectivity index (χ4v) is 2.51. The number of hydrogen-bond acceptors (Lipinski definition) is 4. The third-order valence-corrected chi connectivity index (χ3v) is 4.22. The Bertz CT molecular complexity index is 448. The molecular formula is C17H28N2O2. The number of methoxy groups -OCH3 is 1. The molecule has 0 bridgehead atoms. The van der Waals surface area contributed by atoms with Crippen LogP contribution in [0.4, 0.5) is 5.69 Å². The number of hydrogen-bond donors (Lipinski definition) is 1. The van der Waals surface area contributed by atoms with Gasteiger partial charge in [-0.25, -0.2) is 0 Å². The van der Waals surface area contributed by atoms with E-state index in [-0.39, 0.29) is 11.5 Å². The molecule has 1 fully saturated rings. The van der Waals surface area contributed by atoms with Crippen molar-refractivity contribution in [2.24, 2.45) is 5.41 Å². The molecule has 118 valence electrons. The second kappa shape index (κ2) is 6.67. The van der Waals surface area contributed by atoms with Gasteiger partial charge in [-0.3, -0.25) is 4.90 Å². The van der Waals surface area contributed by atoms with E-state index < -0.39 is 0 Å². The Balaban J connectivity index is 1.88. The molecule has 0 saturated carbocycles. The molecule has 1 aromatic carbocycles. The largest absolute Gasteiger partial charge is 0.497 e. The number of aliphatic hydroxyl groups is 1. The molecule has 0 aliphatic carbocycles. The summed E-state index contributed by atoms with van der Waals surface area (Å²) in [7, 11) is 1.70. The highest BCUT2D eigenvalue weighted by Gasteiger charge is 2.26. The Morgan fingerprint density at radius 1 is 1.19 bits per heavy atom. The second-order valence-corrected chi connectivity index (χ2v) is 6.87. The summed E-state index contributed by atoms with van der Waals surface area (Å²) >= 11 is 0. The molecule has 4 heteroatoms. The number of piperazine rings is 1. The number of aliphatic hydroxyl groups excluding tert-OH is 1. The molecule has 1 aromatic rings. The van der Waals surface area contributed by atoms with Gasteiger partial charge in [0.1, 0.15) is 5.75 Å². The first kappa shape index (κ1) is 16.1. The lowest BCUT2D eigenvalue weighted by atomic mass is 9.89. The zero-order valence-electron chi connectivity index (χ0n) is 13.7. The molecule has 21 heavy (non-hydrogen) atoms. The third kappa shape index (κ3) is 4.35. The maximum Gasteiger partial charge on any atom is 0.120 e. The van der Waals surface area contributed by atoms with Crippen LogP contribution in [-0.4, -0.2) is 55.9 Å². The summed E-state index contributed by atoms with van der Waals surface area (Å²) in [6.07, 6.45) is -0.277.